The summed E-state index contributed by atoms with van der Waals surface area (Å²) in [5.74, 6) is 0.870. The highest BCUT2D eigenvalue weighted by Crippen LogP contribution is 2.27. The molecule has 0 aliphatic heterocycles. The van der Waals surface area contributed by atoms with E-state index in [0.29, 0.717) is 34.1 Å². The average molecular weight is 443 g/mol. The van der Waals surface area contributed by atoms with Crippen molar-refractivity contribution in [3.8, 4) is 22.8 Å². The minimum atomic E-state index is -0.544. The first-order valence-electron chi connectivity index (χ1n) is 8.99. The Morgan fingerprint density at radius 1 is 1.00 bits per heavy atom. The van der Waals surface area contributed by atoms with Crippen LogP contribution < -0.4 is 14.9 Å². The van der Waals surface area contributed by atoms with Gasteiger partial charge < -0.3 is 18.6 Å². The Labute approximate surface area is 183 Å². The molecule has 0 saturated carbocycles. The van der Waals surface area contributed by atoms with Crippen LogP contribution in [-0.2, 0) is 4.74 Å². The molecule has 0 unspecified atom stereocenters. The van der Waals surface area contributed by atoms with Crippen molar-refractivity contribution in [2.24, 2.45) is 5.10 Å². The third-order valence-corrected chi connectivity index (χ3v) is 4.58. The number of amides is 1. The van der Waals surface area contributed by atoms with Crippen molar-refractivity contribution in [2.75, 3.05) is 21.3 Å². The Morgan fingerprint density at radius 3 is 2.35 bits per heavy atom. The quantitative estimate of drug-likeness (QED) is 0.335. The fraction of sp³-hybridized carbons (Fsp3) is 0.136. The number of benzene rings is 2. The Balaban J connectivity index is 1.72. The fourth-order valence-electron chi connectivity index (χ4n) is 2.68. The summed E-state index contributed by atoms with van der Waals surface area (Å²) in [6, 6.07) is 13.1. The number of ether oxygens (including phenoxy) is 3. The van der Waals surface area contributed by atoms with Crippen molar-refractivity contribution >= 4 is 29.7 Å². The van der Waals surface area contributed by atoms with Gasteiger partial charge in [-0.2, -0.15) is 5.10 Å². The van der Waals surface area contributed by atoms with Gasteiger partial charge >= 0.3 is 5.97 Å². The molecule has 31 heavy (non-hydrogen) atoms. The van der Waals surface area contributed by atoms with Gasteiger partial charge in [0.05, 0.1) is 38.1 Å². The highest BCUT2D eigenvalue weighted by Gasteiger charge is 2.14. The number of nitrogens with one attached hydrogen (secondary N) is 1. The molecule has 3 rings (SSSR count). The van der Waals surface area contributed by atoms with Gasteiger partial charge in [-0.05, 0) is 42.5 Å². The van der Waals surface area contributed by atoms with Crippen molar-refractivity contribution in [3.63, 3.8) is 0 Å². The van der Waals surface area contributed by atoms with Gasteiger partial charge in [0.25, 0.3) is 5.91 Å². The highest BCUT2D eigenvalue weighted by molar-refractivity contribution is 6.33. The number of hydrogen-bond donors (Lipinski definition) is 1. The van der Waals surface area contributed by atoms with Crippen LogP contribution in [-0.4, -0.2) is 39.4 Å². The number of methoxy groups -OCH3 is 3. The normalized spacial score (nSPS) is 10.7. The van der Waals surface area contributed by atoms with E-state index in [2.05, 4.69) is 10.5 Å². The zero-order chi connectivity index (χ0) is 22.4. The summed E-state index contributed by atoms with van der Waals surface area (Å²) in [6.07, 6.45) is 1.36. The van der Waals surface area contributed by atoms with Crippen molar-refractivity contribution in [3.05, 3.63) is 70.4 Å². The smallest absolute Gasteiger partial charge is 0.339 e. The standard InChI is InChI=1S/C22H19ClN2O6/c1-28-16-8-14(9-17(11-16)29-2)21(26)25-24-12-15-5-7-20(31-15)13-4-6-19(23)18(10-13)22(27)30-3/h4-12H,1-3H3,(H,25,26)/b24-12-. The van der Waals surface area contributed by atoms with Crippen LogP contribution in [0.3, 0.4) is 0 Å². The first-order chi connectivity index (χ1) is 14.9. The second-order valence-electron chi connectivity index (χ2n) is 6.19. The van der Waals surface area contributed by atoms with Crippen LogP contribution in [0.2, 0.25) is 5.02 Å². The van der Waals surface area contributed by atoms with Gasteiger partial charge in [-0.1, -0.05) is 11.6 Å². The average Bonchev–Trinajstić information content (AvgIpc) is 3.27. The lowest BCUT2D eigenvalue weighted by Gasteiger charge is -2.07. The third-order valence-electron chi connectivity index (χ3n) is 4.25. The molecular weight excluding hydrogens is 424 g/mol. The molecule has 0 radical (unpaired) electrons. The van der Waals surface area contributed by atoms with Crippen LogP contribution in [0.4, 0.5) is 0 Å². The first kappa shape index (κ1) is 21.9. The Kier molecular flexibility index (Phi) is 6.94. The van der Waals surface area contributed by atoms with E-state index < -0.39 is 11.9 Å². The molecule has 1 N–H and O–H groups in total. The molecule has 160 valence electrons. The van der Waals surface area contributed by atoms with Gasteiger partial charge in [0, 0.05) is 17.2 Å². The van der Waals surface area contributed by atoms with Crippen molar-refractivity contribution in [1.29, 1.82) is 0 Å². The van der Waals surface area contributed by atoms with Crippen LogP contribution in [0, 0.1) is 0 Å². The van der Waals surface area contributed by atoms with E-state index in [1.165, 1.54) is 27.5 Å². The number of carbonyl (C=O) groups is 2. The van der Waals surface area contributed by atoms with Gasteiger partial charge in [-0.25, -0.2) is 10.2 Å². The van der Waals surface area contributed by atoms with Gasteiger partial charge in [0.2, 0.25) is 0 Å². The molecule has 0 atom stereocenters. The van der Waals surface area contributed by atoms with Gasteiger partial charge in [0.1, 0.15) is 23.0 Å². The number of hydrogen-bond acceptors (Lipinski definition) is 7. The second kappa shape index (κ2) is 9.82. The first-order valence-corrected chi connectivity index (χ1v) is 9.37. The zero-order valence-electron chi connectivity index (χ0n) is 17.0. The van der Waals surface area contributed by atoms with Crippen LogP contribution in [0.5, 0.6) is 11.5 Å². The number of carbonyl (C=O) groups excluding carboxylic acids is 2. The monoisotopic (exact) mass is 442 g/mol. The molecule has 3 aromatic rings. The lowest BCUT2D eigenvalue weighted by molar-refractivity contribution is 0.0601. The van der Waals surface area contributed by atoms with E-state index in [0.717, 1.165) is 0 Å². The molecule has 0 spiro atoms. The fourth-order valence-corrected chi connectivity index (χ4v) is 2.87. The topological polar surface area (TPSA) is 99.4 Å². The largest absolute Gasteiger partial charge is 0.497 e. The third kappa shape index (κ3) is 5.23. The van der Waals surface area contributed by atoms with Gasteiger partial charge in [-0.3, -0.25) is 4.79 Å². The molecule has 9 heteroatoms. The Morgan fingerprint density at radius 2 is 1.71 bits per heavy atom. The zero-order valence-corrected chi connectivity index (χ0v) is 17.7. The van der Waals surface area contributed by atoms with E-state index in [9.17, 15) is 9.59 Å². The number of rotatable bonds is 7. The number of hydrazone groups is 1. The summed E-state index contributed by atoms with van der Waals surface area (Å²) >= 11 is 6.04. The molecule has 1 amide bonds. The Bertz CT molecular complexity index is 1120. The second-order valence-corrected chi connectivity index (χ2v) is 6.60. The minimum absolute atomic E-state index is 0.231. The maximum atomic E-state index is 12.3. The maximum absolute atomic E-state index is 12.3. The summed E-state index contributed by atoms with van der Waals surface area (Å²) in [4.78, 5) is 24.1. The molecule has 2 aromatic carbocycles. The predicted molar refractivity (Wildman–Crippen MR) is 115 cm³/mol. The Hall–Kier alpha value is -3.78. The van der Waals surface area contributed by atoms with Crippen LogP contribution >= 0.6 is 11.6 Å². The van der Waals surface area contributed by atoms with Crippen molar-refractivity contribution in [2.45, 2.75) is 0 Å². The van der Waals surface area contributed by atoms with E-state index >= 15 is 0 Å². The van der Waals surface area contributed by atoms with Gasteiger partial charge in [-0.15, -0.1) is 0 Å². The lowest BCUT2D eigenvalue weighted by Crippen LogP contribution is -2.17. The molecule has 1 heterocycles. The summed E-state index contributed by atoms with van der Waals surface area (Å²) < 4.78 is 20.7. The maximum Gasteiger partial charge on any atom is 0.339 e. The van der Waals surface area contributed by atoms with Crippen LogP contribution in [0.25, 0.3) is 11.3 Å². The number of halogens is 1. The van der Waals surface area contributed by atoms with Crippen LogP contribution in [0.15, 0.2) is 58.0 Å². The molecule has 0 bridgehead atoms. The molecule has 1 aromatic heterocycles. The van der Waals surface area contributed by atoms with E-state index in [1.54, 1.807) is 48.5 Å². The number of furan rings is 1. The molecule has 0 aliphatic rings. The lowest BCUT2D eigenvalue weighted by atomic mass is 10.1. The van der Waals surface area contributed by atoms with E-state index in [1.807, 2.05) is 0 Å². The summed E-state index contributed by atoms with van der Waals surface area (Å²) in [7, 11) is 4.28. The summed E-state index contributed by atoms with van der Waals surface area (Å²) in [6.45, 7) is 0. The molecular formula is C22H19ClN2O6. The van der Waals surface area contributed by atoms with Crippen molar-refractivity contribution in [1.82, 2.24) is 5.43 Å². The van der Waals surface area contributed by atoms with Crippen LogP contribution in [0.1, 0.15) is 26.5 Å². The van der Waals surface area contributed by atoms with E-state index in [-0.39, 0.29) is 10.6 Å². The number of nitrogens with zero attached hydrogens (tertiary/aromatic N) is 1. The molecule has 8 nitrogen and oxygen atoms in total. The summed E-state index contributed by atoms with van der Waals surface area (Å²) in [5.41, 5.74) is 3.61. The minimum Gasteiger partial charge on any atom is -0.497 e. The van der Waals surface area contributed by atoms with E-state index in [4.69, 9.17) is 30.2 Å². The molecule has 0 saturated heterocycles. The molecule has 0 fully saturated rings. The predicted octanol–water partition coefficient (Wildman–Crippen LogP) is 4.17. The SMILES string of the molecule is COC(=O)c1cc(-c2ccc(/C=N\NC(=O)c3cc(OC)cc(OC)c3)o2)ccc1Cl. The number of esters is 1. The molecule has 0 aliphatic carbocycles. The summed E-state index contributed by atoms with van der Waals surface area (Å²) in [5, 5.41) is 4.19. The highest BCUT2D eigenvalue weighted by atomic mass is 35.5. The van der Waals surface area contributed by atoms with Crippen molar-refractivity contribution < 1.29 is 28.2 Å². The van der Waals surface area contributed by atoms with Gasteiger partial charge in [0.15, 0.2) is 0 Å².